The molecule has 0 unspecified atom stereocenters. The number of anilines is 1. The molecule has 1 saturated heterocycles. The van der Waals surface area contributed by atoms with Crippen LogP contribution in [-0.2, 0) is 4.79 Å². The standard InChI is InChI=1S/C27H27BClN5O/c1-18(15-19-7-3-2-4-8-19)27(35)33-13-11-20(12-14-33)31-25-16-24(21-9-5-6-10-23(21)29)32-26-22(28)17-30-34(25)26/h2-10,15-17,20,31H,11-14,28H2,1H3/b18-15+. The third-order valence-electron chi connectivity index (χ3n) is 6.45. The van der Waals surface area contributed by atoms with Crippen molar-refractivity contribution in [3.8, 4) is 11.3 Å². The maximum Gasteiger partial charge on any atom is 0.249 e. The van der Waals surface area contributed by atoms with Crippen LogP contribution in [0.5, 0.6) is 0 Å². The van der Waals surface area contributed by atoms with Crippen molar-refractivity contribution in [2.45, 2.75) is 25.8 Å². The van der Waals surface area contributed by atoms with E-state index in [4.69, 9.17) is 16.6 Å². The average molecular weight is 484 g/mol. The van der Waals surface area contributed by atoms with Crippen LogP contribution in [0.3, 0.4) is 0 Å². The van der Waals surface area contributed by atoms with Crippen LogP contribution in [0.25, 0.3) is 23.0 Å². The first-order chi connectivity index (χ1) is 17.0. The molecule has 1 fully saturated rings. The third kappa shape index (κ3) is 4.96. The smallest absolute Gasteiger partial charge is 0.249 e. The van der Waals surface area contributed by atoms with Gasteiger partial charge in [-0.25, -0.2) is 4.98 Å². The summed E-state index contributed by atoms with van der Waals surface area (Å²) in [6, 6.07) is 19.9. The topological polar surface area (TPSA) is 62.5 Å². The Hall–Kier alpha value is -3.58. The lowest BCUT2D eigenvalue weighted by Gasteiger charge is -2.33. The van der Waals surface area contributed by atoms with E-state index in [0.29, 0.717) is 18.1 Å². The van der Waals surface area contributed by atoms with Gasteiger partial charge in [-0.1, -0.05) is 60.1 Å². The quantitative estimate of drug-likeness (QED) is 0.346. The maximum atomic E-state index is 13.0. The molecule has 0 spiro atoms. The number of benzene rings is 2. The molecule has 2 aromatic carbocycles. The summed E-state index contributed by atoms with van der Waals surface area (Å²) in [5, 5.41) is 8.86. The minimum absolute atomic E-state index is 0.0994. The Bertz CT molecular complexity index is 1390. The molecule has 0 atom stereocenters. The van der Waals surface area contributed by atoms with Crippen molar-refractivity contribution >= 4 is 48.4 Å². The number of aromatic nitrogens is 3. The first-order valence-electron chi connectivity index (χ1n) is 11.9. The number of carbonyl (C=O) groups excluding carboxylic acids is 1. The van der Waals surface area contributed by atoms with Crippen LogP contribution in [-0.4, -0.2) is 52.4 Å². The molecular weight excluding hydrogens is 457 g/mol. The molecule has 176 valence electrons. The summed E-state index contributed by atoms with van der Waals surface area (Å²) in [7, 11) is 2.00. The molecule has 3 heterocycles. The largest absolute Gasteiger partial charge is 0.367 e. The Labute approximate surface area is 211 Å². The molecule has 4 aromatic rings. The summed E-state index contributed by atoms with van der Waals surface area (Å²) >= 11 is 6.47. The molecule has 5 rings (SSSR count). The zero-order chi connectivity index (χ0) is 24.4. The summed E-state index contributed by atoms with van der Waals surface area (Å²) in [4.78, 5) is 19.8. The normalized spacial score (nSPS) is 14.9. The summed E-state index contributed by atoms with van der Waals surface area (Å²) in [6.45, 7) is 3.31. The van der Waals surface area contributed by atoms with Crippen molar-refractivity contribution in [3.05, 3.63) is 83.0 Å². The van der Waals surface area contributed by atoms with E-state index >= 15 is 0 Å². The molecule has 0 saturated carbocycles. The molecule has 35 heavy (non-hydrogen) atoms. The third-order valence-corrected chi connectivity index (χ3v) is 6.78. The van der Waals surface area contributed by atoms with Gasteiger partial charge in [-0.3, -0.25) is 4.79 Å². The molecule has 2 aromatic heterocycles. The Morgan fingerprint density at radius 3 is 2.57 bits per heavy atom. The maximum absolute atomic E-state index is 13.0. The number of rotatable bonds is 5. The van der Waals surface area contributed by atoms with E-state index in [9.17, 15) is 4.79 Å². The van der Waals surface area contributed by atoms with E-state index in [1.54, 1.807) is 0 Å². The van der Waals surface area contributed by atoms with E-state index in [2.05, 4.69) is 10.4 Å². The van der Waals surface area contributed by atoms with E-state index < -0.39 is 0 Å². The van der Waals surface area contributed by atoms with Crippen LogP contribution in [0.1, 0.15) is 25.3 Å². The van der Waals surface area contributed by atoms with Crippen LogP contribution < -0.4 is 10.8 Å². The molecule has 0 radical (unpaired) electrons. The first kappa shape index (κ1) is 23.2. The van der Waals surface area contributed by atoms with Crippen molar-refractivity contribution in [3.63, 3.8) is 0 Å². The molecular formula is C27H27BClN5O. The monoisotopic (exact) mass is 483 g/mol. The highest BCUT2D eigenvalue weighted by Crippen LogP contribution is 2.29. The van der Waals surface area contributed by atoms with Gasteiger partial charge in [-0.2, -0.15) is 9.61 Å². The summed E-state index contributed by atoms with van der Waals surface area (Å²) in [5.74, 6) is 0.977. The Morgan fingerprint density at radius 2 is 1.83 bits per heavy atom. The lowest BCUT2D eigenvalue weighted by atomic mass is 10.0. The number of likely N-dealkylation sites (tertiary alicyclic amines) is 1. The highest BCUT2D eigenvalue weighted by Gasteiger charge is 2.24. The van der Waals surface area contributed by atoms with E-state index in [-0.39, 0.29) is 11.9 Å². The first-order valence-corrected chi connectivity index (χ1v) is 12.3. The van der Waals surface area contributed by atoms with Crippen LogP contribution in [0.2, 0.25) is 5.02 Å². The fourth-order valence-corrected chi connectivity index (χ4v) is 4.76. The number of halogens is 1. The molecule has 1 aliphatic rings. The van der Waals surface area contributed by atoms with Crippen LogP contribution in [0.15, 0.2) is 72.4 Å². The predicted octanol–water partition coefficient (Wildman–Crippen LogP) is 3.81. The second-order valence-corrected chi connectivity index (χ2v) is 9.43. The highest BCUT2D eigenvalue weighted by atomic mass is 35.5. The van der Waals surface area contributed by atoms with Gasteiger partial charge in [0.15, 0.2) is 5.65 Å². The van der Waals surface area contributed by atoms with E-state index in [1.165, 1.54) is 0 Å². The van der Waals surface area contributed by atoms with Crippen molar-refractivity contribution < 1.29 is 4.79 Å². The number of hydrogen-bond acceptors (Lipinski definition) is 4. The number of piperidine rings is 1. The van der Waals surface area contributed by atoms with Crippen molar-refractivity contribution in [2.75, 3.05) is 18.4 Å². The molecule has 1 amide bonds. The van der Waals surface area contributed by atoms with Crippen molar-refractivity contribution in [1.82, 2.24) is 19.5 Å². The number of amides is 1. The molecule has 6 nitrogen and oxygen atoms in total. The average Bonchev–Trinajstić information content (AvgIpc) is 3.26. The van der Waals surface area contributed by atoms with Crippen molar-refractivity contribution in [2.24, 2.45) is 0 Å². The number of hydrogen-bond donors (Lipinski definition) is 1. The fraction of sp³-hybridized carbons (Fsp3) is 0.222. The predicted molar refractivity (Wildman–Crippen MR) is 145 cm³/mol. The second kappa shape index (κ2) is 9.96. The molecule has 1 N–H and O–H groups in total. The molecule has 0 aliphatic carbocycles. The molecule has 1 aliphatic heterocycles. The van der Waals surface area contributed by atoms with Gasteiger partial charge in [0.1, 0.15) is 13.7 Å². The minimum Gasteiger partial charge on any atom is -0.367 e. The van der Waals surface area contributed by atoms with Gasteiger partial charge < -0.3 is 10.2 Å². The van der Waals surface area contributed by atoms with Gasteiger partial charge in [0.25, 0.3) is 0 Å². The van der Waals surface area contributed by atoms with Gasteiger partial charge in [-0.05, 0) is 42.9 Å². The Balaban J connectivity index is 1.31. The van der Waals surface area contributed by atoms with Crippen molar-refractivity contribution in [1.29, 1.82) is 0 Å². The number of nitrogens with one attached hydrogen (secondary N) is 1. The van der Waals surface area contributed by atoms with E-state index in [0.717, 1.165) is 52.2 Å². The Morgan fingerprint density at radius 1 is 1.11 bits per heavy atom. The SMILES string of the molecule is Bc1cnn2c(NC3CCN(C(=O)/C(C)=C/c4ccccc4)CC3)cc(-c3ccccc3Cl)nc12. The van der Waals surface area contributed by atoms with Gasteiger partial charge in [0, 0.05) is 47.6 Å². The summed E-state index contributed by atoms with van der Waals surface area (Å²) in [6.07, 6.45) is 5.50. The molecule has 8 heteroatoms. The zero-order valence-electron chi connectivity index (χ0n) is 19.9. The van der Waals surface area contributed by atoms with Gasteiger partial charge in [0.2, 0.25) is 5.91 Å². The number of fused-ring (bicyclic) bond motifs is 1. The number of nitrogens with zero attached hydrogens (tertiary/aromatic N) is 4. The fourth-order valence-electron chi connectivity index (χ4n) is 4.53. The van der Waals surface area contributed by atoms with Gasteiger partial charge >= 0.3 is 0 Å². The molecule has 0 bridgehead atoms. The second-order valence-electron chi connectivity index (χ2n) is 9.02. The van der Waals surface area contributed by atoms with Crippen LogP contribution >= 0.6 is 11.6 Å². The van der Waals surface area contributed by atoms with Gasteiger partial charge in [-0.15, -0.1) is 0 Å². The lowest BCUT2D eigenvalue weighted by molar-refractivity contribution is -0.127. The lowest BCUT2D eigenvalue weighted by Crippen LogP contribution is -2.42. The highest BCUT2D eigenvalue weighted by molar-refractivity contribution is 6.36. The summed E-state index contributed by atoms with van der Waals surface area (Å²) < 4.78 is 1.85. The van der Waals surface area contributed by atoms with Crippen LogP contribution in [0.4, 0.5) is 5.82 Å². The van der Waals surface area contributed by atoms with E-state index in [1.807, 2.05) is 97.1 Å². The van der Waals surface area contributed by atoms with Crippen LogP contribution in [0, 0.1) is 0 Å². The van der Waals surface area contributed by atoms with Gasteiger partial charge in [0.05, 0.1) is 5.69 Å². The number of carbonyl (C=O) groups is 1. The zero-order valence-corrected chi connectivity index (χ0v) is 20.7. The summed E-state index contributed by atoms with van der Waals surface area (Å²) in [5.41, 5.74) is 5.31. The minimum atomic E-state index is 0.0994. The Kier molecular flexibility index (Phi) is 6.60.